The summed E-state index contributed by atoms with van der Waals surface area (Å²) in [6, 6.07) is 0. The van der Waals surface area contributed by atoms with E-state index < -0.39 is 17.5 Å². The molecule has 15 heavy (non-hydrogen) atoms. The summed E-state index contributed by atoms with van der Waals surface area (Å²) in [5.74, 6) is -0.928. The first kappa shape index (κ1) is 12.5. The van der Waals surface area contributed by atoms with Crippen molar-refractivity contribution in [3.05, 3.63) is 0 Å². The minimum absolute atomic E-state index is 0.540. The van der Waals surface area contributed by atoms with Crippen LogP contribution in [0.5, 0.6) is 0 Å². The van der Waals surface area contributed by atoms with E-state index in [1.54, 1.807) is 6.92 Å². The van der Waals surface area contributed by atoms with E-state index in [9.17, 15) is 9.90 Å². The second-order valence-electron chi connectivity index (χ2n) is 5.04. The second-order valence-corrected chi connectivity index (χ2v) is 5.04. The van der Waals surface area contributed by atoms with Crippen molar-refractivity contribution in [1.82, 2.24) is 0 Å². The summed E-state index contributed by atoms with van der Waals surface area (Å²) in [6.45, 7) is 3.63. The molecule has 0 bridgehead atoms. The van der Waals surface area contributed by atoms with Gasteiger partial charge in [-0.25, -0.2) is 0 Å². The van der Waals surface area contributed by atoms with Gasteiger partial charge in [-0.3, -0.25) is 4.79 Å². The van der Waals surface area contributed by atoms with E-state index in [2.05, 4.69) is 0 Å². The van der Waals surface area contributed by atoms with Crippen LogP contribution in [0.3, 0.4) is 0 Å². The maximum absolute atomic E-state index is 11.1. The third kappa shape index (κ3) is 3.20. The fourth-order valence-electron chi connectivity index (χ4n) is 2.41. The molecule has 3 heteroatoms. The number of rotatable bonds is 6. The molecular weight excluding hydrogens is 192 g/mol. The molecule has 0 saturated heterocycles. The van der Waals surface area contributed by atoms with Gasteiger partial charge in [0.25, 0.3) is 0 Å². The maximum atomic E-state index is 11.1. The summed E-state index contributed by atoms with van der Waals surface area (Å²) >= 11 is 0. The Bertz CT molecular complexity index is 219. The van der Waals surface area contributed by atoms with Crippen LogP contribution >= 0.6 is 0 Å². The molecule has 0 heterocycles. The largest absolute Gasteiger partial charge is 0.481 e. The van der Waals surface area contributed by atoms with Gasteiger partial charge in [0.2, 0.25) is 0 Å². The normalized spacial score (nSPS) is 22.9. The molecule has 2 atom stereocenters. The Morgan fingerprint density at radius 3 is 2.47 bits per heavy atom. The van der Waals surface area contributed by atoms with Crippen LogP contribution in [0.1, 0.15) is 52.4 Å². The lowest BCUT2D eigenvalue weighted by atomic mass is 9.72. The van der Waals surface area contributed by atoms with Crippen LogP contribution in [0.4, 0.5) is 0 Å². The van der Waals surface area contributed by atoms with Crippen LogP contribution in [-0.2, 0) is 4.79 Å². The monoisotopic (exact) mass is 214 g/mol. The van der Waals surface area contributed by atoms with Gasteiger partial charge in [0.1, 0.15) is 0 Å². The van der Waals surface area contributed by atoms with E-state index in [-0.39, 0.29) is 0 Å². The van der Waals surface area contributed by atoms with Gasteiger partial charge >= 0.3 is 5.97 Å². The molecule has 88 valence electrons. The molecule has 0 aromatic heterocycles. The summed E-state index contributed by atoms with van der Waals surface area (Å²) in [5, 5.41) is 19.3. The standard InChI is InChI=1S/C12H22O3/c1-3-5-10(11(13)14)12(2,15)8-9-6-4-7-9/h9-10,15H,3-8H2,1-2H3,(H,13,14). The zero-order chi connectivity index (χ0) is 11.5. The van der Waals surface area contributed by atoms with Gasteiger partial charge in [-0.1, -0.05) is 32.6 Å². The van der Waals surface area contributed by atoms with Crippen molar-refractivity contribution in [3.63, 3.8) is 0 Å². The Morgan fingerprint density at radius 2 is 2.13 bits per heavy atom. The Labute approximate surface area is 91.5 Å². The van der Waals surface area contributed by atoms with Crippen molar-refractivity contribution in [1.29, 1.82) is 0 Å². The van der Waals surface area contributed by atoms with E-state index in [1.807, 2.05) is 6.92 Å². The molecule has 1 aliphatic rings. The van der Waals surface area contributed by atoms with Gasteiger partial charge in [0, 0.05) is 0 Å². The number of aliphatic carboxylic acids is 1. The number of carboxylic acid groups (broad SMARTS) is 1. The van der Waals surface area contributed by atoms with Gasteiger partial charge < -0.3 is 10.2 Å². The van der Waals surface area contributed by atoms with Crippen molar-refractivity contribution in [2.24, 2.45) is 11.8 Å². The Balaban J connectivity index is 2.56. The van der Waals surface area contributed by atoms with Crippen molar-refractivity contribution >= 4 is 5.97 Å². The molecule has 0 amide bonds. The predicted octanol–water partition coefficient (Wildman–Crippen LogP) is 2.43. The van der Waals surface area contributed by atoms with Gasteiger partial charge in [-0.05, 0) is 25.7 Å². The van der Waals surface area contributed by atoms with E-state index >= 15 is 0 Å². The van der Waals surface area contributed by atoms with Crippen molar-refractivity contribution < 1.29 is 15.0 Å². The SMILES string of the molecule is CCCC(C(=O)O)C(C)(O)CC1CCC1. The van der Waals surface area contributed by atoms with Gasteiger partial charge in [-0.15, -0.1) is 0 Å². The minimum atomic E-state index is -1.03. The summed E-state index contributed by atoms with van der Waals surface area (Å²) in [4.78, 5) is 11.1. The predicted molar refractivity (Wildman–Crippen MR) is 58.6 cm³/mol. The Hall–Kier alpha value is -0.570. The van der Waals surface area contributed by atoms with Crippen LogP contribution in [0.25, 0.3) is 0 Å². The van der Waals surface area contributed by atoms with Crippen LogP contribution in [0, 0.1) is 11.8 Å². The van der Waals surface area contributed by atoms with E-state index in [0.717, 1.165) is 19.3 Å². The highest BCUT2D eigenvalue weighted by Crippen LogP contribution is 2.37. The highest BCUT2D eigenvalue weighted by atomic mass is 16.4. The topological polar surface area (TPSA) is 57.5 Å². The molecule has 1 aliphatic carbocycles. The number of carboxylic acids is 1. The number of hydrogen-bond donors (Lipinski definition) is 2. The maximum Gasteiger partial charge on any atom is 0.309 e. The lowest BCUT2D eigenvalue weighted by Gasteiger charge is -2.36. The van der Waals surface area contributed by atoms with Crippen LogP contribution in [-0.4, -0.2) is 21.8 Å². The molecule has 0 spiro atoms. The zero-order valence-electron chi connectivity index (χ0n) is 9.70. The van der Waals surface area contributed by atoms with Crippen LogP contribution < -0.4 is 0 Å². The quantitative estimate of drug-likeness (QED) is 0.714. The molecule has 1 saturated carbocycles. The number of aliphatic hydroxyl groups is 1. The lowest BCUT2D eigenvalue weighted by Crippen LogP contribution is -2.42. The highest BCUT2D eigenvalue weighted by Gasteiger charge is 2.39. The first-order chi connectivity index (χ1) is 6.97. The van der Waals surface area contributed by atoms with Crippen molar-refractivity contribution in [2.45, 2.75) is 58.0 Å². The first-order valence-corrected chi connectivity index (χ1v) is 5.92. The van der Waals surface area contributed by atoms with E-state index in [1.165, 1.54) is 6.42 Å². The summed E-state index contributed by atoms with van der Waals surface area (Å²) < 4.78 is 0. The molecule has 2 unspecified atom stereocenters. The van der Waals surface area contributed by atoms with Gasteiger partial charge in [0.05, 0.1) is 11.5 Å². The summed E-state index contributed by atoms with van der Waals surface area (Å²) in [6.07, 6.45) is 5.53. The highest BCUT2D eigenvalue weighted by molar-refractivity contribution is 5.71. The second kappa shape index (κ2) is 4.97. The third-order valence-electron chi connectivity index (χ3n) is 3.55. The van der Waals surface area contributed by atoms with Crippen molar-refractivity contribution in [3.8, 4) is 0 Å². The minimum Gasteiger partial charge on any atom is -0.481 e. The average Bonchev–Trinajstić information content (AvgIpc) is 2.07. The average molecular weight is 214 g/mol. The molecule has 3 nitrogen and oxygen atoms in total. The third-order valence-corrected chi connectivity index (χ3v) is 3.55. The van der Waals surface area contributed by atoms with Crippen LogP contribution in [0.2, 0.25) is 0 Å². The van der Waals surface area contributed by atoms with E-state index in [0.29, 0.717) is 18.8 Å². The number of carbonyl (C=O) groups is 1. The molecule has 0 aromatic carbocycles. The zero-order valence-corrected chi connectivity index (χ0v) is 9.70. The fraction of sp³-hybridized carbons (Fsp3) is 0.917. The first-order valence-electron chi connectivity index (χ1n) is 5.92. The lowest BCUT2D eigenvalue weighted by molar-refractivity contribution is -0.153. The Kier molecular flexibility index (Phi) is 4.14. The molecule has 1 rings (SSSR count). The smallest absolute Gasteiger partial charge is 0.309 e. The van der Waals surface area contributed by atoms with Crippen molar-refractivity contribution in [2.75, 3.05) is 0 Å². The van der Waals surface area contributed by atoms with Gasteiger partial charge in [0.15, 0.2) is 0 Å². The Morgan fingerprint density at radius 1 is 1.53 bits per heavy atom. The molecule has 0 radical (unpaired) electrons. The molecule has 0 aromatic rings. The molecular formula is C12H22O3. The number of hydrogen-bond acceptors (Lipinski definition) is 2. The molecule has 0 aliphatic heterocycles. The fourth-order valence-corrected chi connectivity index (χ4v) is 2.41. The summed E-state index contributed by atoms with van der Waals surface area (Å²) in [5.41, 5.74) is -1.03. The summed E-state index contributed by atoms with van der Waals surface area (Å²) in [7, 11) is 0. The molecule has 1 fully saturated rings. The van der Waals surface area contributed by atoms with Crippen LogP contribution in [0.15, 0.2) is 0 Å². The van der Waals surface area contributed by atoms with Gasteiger partial charge in [-0.2, -0.15) is 0 Å². The van der Waals surface area contributed by atoms with E-state index in [4.69, 9.17) is 5.11 Å². The molecule has 2 N–H and O–H groups in total.